The van der Waals surface area contributed by atoms with E-state index < -0.39 is 53.7 Å². The average Bonchev–Trinajstić information content (AvgIpc) is 3.19. The first-order chi connectivity index (χ1) is 27.3. The summed E-state index contributed by atoms with van der Waals surface area (Å²) < 4.78 is 5.87. The molecular formula is C44H40N4O9. The minimum atomic E-state index is -1.20. The standard InChI is InChI=1S/C44H40N4O9/c1-26(2)57-42-32(18-21-35(41(42)53)38(50)22-27-10-14-31(15-11-27)44(55)56)24-37(49)29-12-8-28(9-13-29)23-39(51)36(25-40(45)52)46-43(54)30-16-19-34(20-17-30)48-47-33-6-4-3-5-7-33/h3-21,26,36,53H,22-25H2,1-2H3,(H2,45,52)(H,46,54)(H,55,56)/t36-/m0/s1. The first kappa shape index (κ1) is 40.9. The number of Topliss-reactive ketones (excluding diaryl/α,β-unsaturated/α-hetero) is 3. The second kappa shape index (κ2) is 18.8. The van der Waals surface area contributed by atoms with Crippen LogP contribution < -0.4 is 15.8 Å². The molecule has 0 unspecified atom stereocenters. The molecule has 0 saturated carbocycles. The van der Waals surface area contributed by atoms with E-state index in [-0.39, 0.29) is 47.5 Å². The molecule has 5 rings (SSSR count). The molecule has 0 saturated heterocycles. The third-order valence-electron chi connectivity index (χ3n) is 8.70. The first-order valence-corrected chi connectivity index (χ1v) is 17.9. The Bertz CT molecular complexity index is 2300. The highest BCUT2D eigenvalue weighted by molar-refractivity contribution is 6.02. The highest BCUT2D eigenvalue weighted by atomic mass is 16.5. The van der Waals surface area contributed by atoms with Crippen LogP contribution in [-0.2, 0) is 28.9 Å². The number of nitrogens with zero attached hydrogens (tertiary/aromatic N) is 2. The second-order valence-corrected chi connectivity index (χ2v) is 13.4. The monoisotopic (exact) mass is 768 g/mol. The second-order valence-electron chi connectivity index (χ2n) is 13.4. The molecule has 0 heterocycles. The molecule has 13 heteroatoms. The minimum absolute atomic E-state index is 0.000281. The molecule has 5 aromatic carbocycles. The number of azo groups is 1. The number of phenols is 1. The number of aromatic carboxylic acids is 1. The lowest BCUT2D eigenvalue weighted by Crippen LogP contribution is -2.44. The van der Waals surface area contributed by atoms with Crippen molar-refractivity contribution in [2.75, 3.05) is 0 Å². The molecule has 290 valence electrons. The van der Waals surface area contributed by atoms with Gasteiger partial charge in [-0.1, -0.05) is 60.7 Å². The summed E-state index contributed by atoms with van der Waals surface area (Å²) in [5, 5.41) is 31.2. The molecule has 0 aliphatic carbocycles. The smallest absolute Gasteiger partial charge is 0.335 e. The van der Waals surface area contributed by atoms with Gasteiger partial charge in [-0.25, -0.2) is 4.79 Å². The van der Waals surface area contributed by atoms with Crippen molar-refractivity contribution in [3.63, 3.8) is 0 Å². The van der Waals surface area contributed by atoms with E-state index in [0.29, 0.717) is 33.6 Å². The van der Waals surface area contributed by atoms with Crippen molar-refractivity contribution in [2.45, 2.75) is 51.7 Å². The number of hydrogen-bond acceptors (Lipinski definition) is 10. The van der Waals surface area contributed by atoms with E-state index >= 15 is 0 Å². The number of rotatable bonds is 18. The van der Waals surface area contributed by atoms with Crippen LogP contribution in [0, 0.1) is 0 Å². The number of carbonyl (C=O) groups is 6. The van der Waals surface area contributed by atoms with Gasteiger partial charge in [0.1, 0.15) is 0 Å². The van der Waals surface area contributed by atoms with Crippen molar-refractivity contribution in [3.05, 3.63) is 154 Å². The molecule has 0 aliphatic rings. The Hall–Kier alpha value is -7.28. The minimum Gasteiger partial charge on any atom is -0.504 e. The summed E-state index contributed by atoms with van der Waals surface area (Å²) in [5.41, 5.74) is 8.63. The van der Waals surface area contributed by atoms with E-state index in [1.165, 1.54) is 42.5 Å². The number of benzene rings is 5. The molecular weight excluding hydrogens is 729 g/mol. The van der Waals surface area contributed by atoms with E-state index in [2.05, 4.69) is 15.5 Å². The Labute approximate surface area is 328 Å². The molecule has 57 heavy (non-hydrogen) atoms. The van der Waals surface area contributed by atoms with Crippen LogP contribution >= 0.6 is 0 Å². The predicted molar refractivity (Wildman–Crippen MR) is 211 cm³/mol. The fourth-order valence-electron chi connectivity index (χ4n) is 5.78. The third-order valence-corrected chi connectivity index (χ3v) is 8.70. The van der Waals surface area contributed by atoms with Gasteiger partial charge in [0.25, 0.3) is 5.91 Å². The van der Waals surface area contributed by atoms with Crippen molar-refractivity contribution in [1.29, 1.82) is 0 Å². The maximum absolute atomic E-state index is 13.4. The maximum Gasteiger partial charge on any atom is 0.335 e. The van der Waals surface area contributed by atoms with Crippen molar-refractivity contribution < 1.29 is 43.7 Å². The third kappa shape index (κ3) is 11.4. The van der Waals surface area contributed by atoms with Gasteiger partial charge in [-0.05, 0) is 79.6 Å². The lowest BCUT2D eigenvalue weighted by Gasteiger charge is -2.18. The quantitative estimate of drug-likeness (QED) is 0.0536. The van der Waals surface area contributed by atoms with E-state index in [4.69, 9.17) is 15.6 Å². The van der Waals surface area contributed by atoms with Crippen LogP contribution in [0.1, 0.15) is 78.4 Å². The largest absolute Gasteiger partial charge is 0.504 e. The summed E-state index contributed by atoms with van der Waals surface area (Å²) >= 11 is 0. The van der Waals surface area contributed by atoms with Gasteiger partial charge in [0.15, 0.2) is 28.8 Å². The van der Waals surface area contributed by atoms with Crippen LogP contribution in [0.4, 0.5) is 11.4 Å². The average molecular weight is 769 g/mol. The number of carboxylic acid groups (broad SMARTS) is 1. The van der Waals surface area contributed by atoms with Crippen molar-refractivity contribution in [3.8, 4) is 11.5 Å². The van der Waals surface area contributed by atoms with E-state index in [1.54, 1.807) is 68.4 Å². The molecule has 0 fully saturated rings. The van der Waals surface area contributed by atoms with Crippen LogP contribution in [0.3, 0.4) is 0 Å². The molecule has 0 aliphatic heterocycles. The summed E-state index contributed by atoms with van der Waals surface area (Å²) in [4.78, 5) is 76.0. The highest BCUT2D eigenvalue weighted by Gasteiger charge is 2.25. The van der Waals surface area contributed by atoms with E-state index in [9.17, 15) is 33.9 Å². The molecule has 0 bridgehead atoms. The number of nitrogens with two attached hydrogens (primary N) is 1. The summed E-state index contributed by atoms with van der Waals surface area (Å²) in [6.07, 6.45) is -1.26. The Kier molecular flexibility index (Phi) is 13.5. The summed E-state index contributed by atoms with van der Waals surface area (Å²) in [6, 6.07) is 29.2. The van der Waals surface area contributed by atoms with Gasteiger partial charge in [-0.15, -0.1) is 0 Å². The van der Waals surface area contributed by atoms with E-state index in [0.717, 1.165) is 0 Å². The number of carboxylic acids is 1. The summed E-state index contributed by atoms with van der Waals surface area (Å²) in [7, 11) is 0. The molecule has 13 nitrogen and oxygen atoms in total. The molecule has 1 atom stereocenters. The Balaban J connectivity index is 1.22. The van der Waals surface area contributed by atoms with Gasteiger partial charge >= 0.3 is 5.97 Å². The molecule has 0 radical (unpaired) electrons. The normalized spacial score (nSPS) is 11.6. The Morgan fingerprint density at radius 1 is 0.667 bits per heavy atom. The lowest BCUT2D eigenvalue weighted by atomic mass is 9.95. The van der Waals surface area contributed by atoms with Gasteiger partial charge < -0.3 is 26.0 Å². The Morgan fingerprint density at radius 2 is 1.23 bits per heavy atom. The van der Waals surface area contributed by atoms with Crippen LogP contribution in [-0.4, -0.2) is 57.5 Å². The fraction of sp³-hybridized carbons (Fsp3) is 0.182. The fourth-order valence-corrected chi connectivity index (χ4v) is 5.78. The van der Waals surface area contributed by atoms with Gasteiger partial charge in [-0.3, -0.25) is 24.0 Å². The topological polar surface area (TPSA) is 215 Å². The number of phenolic OH excluding ortho intramolecular Hbond substituents is 1. The van der Waals surface area contributed by atoms with Gasteiger partial charge in [0.05, 0.1) is 41.1 Å². The summed E-state index contributed by atoms with van der Waals surface area (Å²) in [6.45, 7) is 3.48. The SMILES string of the molecule is CC(C)Oc1c(CC(=O)c2ccc(CC(=O)[C@H](CC(N)=O)NC(=O)c3ccc(N=Nc4ccccc4)cc3)cc2)ccc(C(=O)Cc2ccc(C(=O)O)cc2)c1O. The zero-order valence-corrected chi connectivity index (χ0v) is 31.2. The lowest BCUT2D eigenvalue weighted by molar-refractivity contribution is -0.125. The number of primary amides is 1. The van der Waals surface area contributed by atoms with Gasteiger partial charge in [0, 0.05) is 36.0 Å². The van der Waals surface area contributed by atoms with Crippen LogP contribution in [0.2, 0.25) is 0 Å². The van der Waals surface area contributed by atoms with Crippen molar-refractivity contribution >= 4 is 46.5 Å². The van der Waals surface area contributed by atoms with Crippen LogP contribution in [0.25, 0.3) is 0 Å². The van der Waals surface area contributed by atoms with Gasteiger partial charge in [0.2, 0.25) is 5.91 Å². The molecule has 5 N–H and O–H groups in total. The Morgan fingerprint density at radius 3 is 1.81 bits per heavy atom. The number of carbonyl (C=O) groups excluding carboxylic acids is 5. The highest BCUT2D eigenvalue weighted by Crippen LogP contribution is 2.36. The first-order valence-electron chi connectivity index (χ1n) is 17.9. The summed E-state index contributed by atoms with van der Waals surface area (Å²) in [5.74, 6) is -4.08. The predicted octanol–water partition coefficient (Wildman–Crippen LogP) is 6.93. The van der Waals surface area contributed by atoms with Crippen molar-refractivity contribution in [2.24, 2.45) is 16.0 Å². The molecule has 0 aromatic heterocycles. The number of nitrogens with one attached hydrogen (secondary N) is 1. The number of ketones is 3. The number of hydrogen-bond donors (Lipinski definition) is 4. The zero-order valence-electron chi connectivity index (χ0n) is 31.2. The molecule has 5 aromatic rings. The van der Waals surface area contributed by atoms with Gasteiger partial charge in [-0.2, -0.15) is 10.2 Å². The van der Waals surface area contributed by atoms with E-state index in [1.807, 2.05) is 18.2 Å². The zero-order chi connectivity index (χ0) is 41.1. The van der Waals surface area contributed by atoms with Crippen molar-refractivity contribution in [1.82, 2.24) is 5.32 Å². The van der Waals surface area contributed by atoms with Crippen LogP contribution in [0.5, 0.6) is 11.5 Å². The number of ether oxygens (including phenoxy) is 1. The molecule has 0 spiro atoms. The number of aromatic hydroxyl groups is 1. The maximum atomic E-state index is 13.4. The number of amides is 2. The van der Waals surface area contributed by atoms with Crippen LogP contribution in [0.15, 0.2) is 125 Å². The molecule has 2 amide bonds.